The molecule has 3 heteroatoms. The average Bonchev–Trinajstić information content (AvgIpc) is 2.99. The number of carbonyl (C=O) groups excluding carboxylic acids is 1. The van der Waals surface area contributed by atoms with E-state index in [0.717, 1.165) is 38.9 Å². The summed E-state index contributed by atoms with van der Waals surface area (Å²) in [5.74, 6) is 1.51. The van der Waals surface area contributed by atoms with E-state index in [0.29, 0.717) is 23.8 Å². The second kappa shape index (κ2) is 9.22. The smallest absolute Gasteiger partial charge is 0.222 e. The lowest BCUT2D eigenvalue weighted by Gasteiger charge is -2.24. The second-order valence-electron chi connectivity index (χ2n) is 7.49. The average molecular weight is 331 g/mol. The molecule has 2 unspecified atom stereocenters. The quantitative estimate of drug-likeness (QED) is 0.676. The third-order valence-corrected chi connectivity index (χ3v) is 5.28. The molecule has 1 aliphatic rings. The number of benzene rings is 1. The van der Waals surface area contributed by atoms with Crippen molar-refractivity contribution < 1.29 is 4.79 Å². The first-order valence-corrected chi connectivity index (χ1v) is 9.64. The van der Waals surface area contributed by atoms with Crippen LogP contribution in [0.3, 0.4) is 0 Å². The molecule has 0 radical (unpaired) electrons. The van der Waals surface area contributed by atoms with Gasteiger partial charge in [0.2, 0.25) is 5.91 Å². The highest BCUT2D eigenvalue weighted by atomic mass is 16.2. The van der Waals surface area contributed by atoms with E-state index in [-0.39, 0.29) is 0 Å². The van der Waals surface area contributed by atoms with Gasteiger partial charge in [-0.1, -0.05) is 52.0 Å². The predicted molar refractivity (Wildman–Crippen MR) is 101 cm³/mol. The number of carbonyl (C=O) groups is 1. The number of likely N-dealkylation sites (tertiary alicyclic amines) is 1. The fourth-order valence-corrected chi connectivity index (χ4v) is 3.47. The lowest BCUT2D eigenvalue weighted by atomic mass is 9.92. The number of nitrogens with zero attached hydrogens (tertiary/aromatic N) is 1. The summed E-state index contributed by atoms with van der Waals surface area (Å²) >= 11 is 0. The van der Waals surface area contributed by atoms with Crippen LogP contribution in [0.2, 0.25) is 0 Å². The summed E-state index contributed by atoms with van der Waals surface area (Å²) in [5.41, 5.74) is 2.80. The number of rotatable bonds is 9. The third-order valence-electron chi connectivity index (χ3n) is 5.28. The molecule has 1 aliphatic heterocycles. The fraction of sp³-hybridized carbons (Fsp3) is 0.667. The van der Waals surface area contributed by atoms with E-state index >= 15 is 0 Å². The first-order valence-electron chi connectivity index (χ1n) is 9.64. The van der Waals surface area contributed by atoms with Crippen LogP contribution >= 0.6 is 0 Å². The molecule has 1 amide bonds. The van der Waals surface area contributed by atoms with Crippen LogP contribution in [0.5, 0.6) is 0 Å². The number of amides is 1. The molecule has 3 nitrogen and oxygen atoms in total. The Kier molecular flexibility index (Phi) is 7.29. The van der Waals surface area contributed by atoms with Gasteiger partial charge in [-0.2, -0.15) is 0 Å². The van der Waals surface area contributed by atoms with Crippen molar-refractivity contribution in [3.05, 3.63) is 35.4 Å². The predicted octanol–water partition coefficient (Wildman–Crippen LogP) is 4.50. The van der Waals surface area contributed by atoms with Gasteiger partial charge in [0.25, 0.3) is 0 Å². The minimum Gasteiger partial charge on any atom is -0.343 e. The van der Waals surface area contributed by atoms with Crippen LogP contribution in [0.15, 0.2) is 24.3 Å². The zero-order valence-electron chi connectivity index (χ0n) is 15.8. The highest BCUT2D eigenvalue weighted by Gasteiger charge is 2.20. The minimum absolute atomic E-state index is 0.330. The molecular weight excluding hydrogens is 296 g/mol. The molecule has 2 rings (SSSR count). The van der Waals surface area contributed by atoms with Gasteiger partial charge in [0.05, 0.1) is 0 Å². The summed E-state index contributed by atoms with van der Waals surface area (Å²) in [6, 6.07) is 9.50. The topological polar surface area (TPSA) is 32.3 Å². The molecule has 1 N–H and O–H groups in total. The molecule has 1 aromatic rings. The Hall–Kier alpha value is -1.35. The van der Waals surface area contributed by atoms with Gasteiger partial charge in [0.15, 0.2) is 0 Å². The molecule has 0 spiro atoms. The van der Waals surface area contributed by atoms with Crippen molar-refractivity contribution in [3.63, 3.8) is 0 Å². The Labute approximate surface area is 147 Å². The van der Waals surface area contributed by atoms with E-state index in [1.54, 1.807) is 0 Å². The Morgan fingerprint density at radius 3 is 2.33 bits per heavy atom. The molecule has 24 heavy (non-hydrogen) atoms. The molecule has 1 saturated heterocycles. The van der Waals surface area contributed by atoms with E-state index < -0.39 is 0 Å². The monoisotopic (exact) mass is 330 g/mol. The van der Waals surface area contributed by atoms with Gasteiger partial charge >= 0.3 is 0 Å². The Balaban J connectivity index is 1.86. The molecule has 1 aromatic carbocycles. The molecule has 0 bridgehead atoms. The second-order valence-corrected chi connectivity index (χ2v) is 7.49. The van der Waals surface area contributed by atoms with E-state index in [1.807, 2.05) is 4.90 Å². The summed E-state index contributed by atoms with van der Waals surface area (Å²) in [6.45, 7) is 11.9. The highest BCUT2D eigenvalue weighted by Crippen LogP contribution is 2.25. The number of nitrogens with one attached hydrogen (secondary N) is 1. The Morgan fingerprint density at radius 2 is 1.79 bits per heavy atom. The molecule has 1 fully saturated rings. The van der Waals surface area contributed by atoms with Crippen molar-refractivity contribution in [3.8, 4) is 0 Å². The first kappa shape index (κ1) is 19.0. The van der Waals surface area contributed by atoms with Gasteiger partial charge in [-0.3, -0.25) is 4.79 Å². The molecule has 134 valence electrons. The van der Waals surface area contributed by atoms with Crippen molar-refractivity contribution in [2.24, 2.45) is 5.92 Å². The molecule has 1 heterocycles. The zero-order chi connectivity index (χ0) is 17.5. The standard InChI is InChI=1S/C21H34N2O/c1-5-17(4)18-9-11-19(12-10-18)21(16(2)3)22-13-7-15-23-14-6-8-20(23)24/h9-12,16-17,21-22H,5-8,13-15H2,1-4H3. The molecule has 0 saturated carbocycles. The number of hydrogen-bond acceptors (Lipinski definition) is 2. The summed E-state index contributed by atoms with van der Waals surface area (Å²) < 4.78 is 0. The van der Waals surface area contributed by atoms with Gasteiger partial charge in [0.1, 0.15) is 0 Å². The van der Waals surface area contributed by atoms with E-state index in [2.05, 4.69) is 57.3 Å². The maximum absolute atomic E-state index is 11.6. The van der Waals surface area contributed by atoms with Crippen LogP contribution in [-0.4, -0.2) is 30.4 Å². The molecule has 0 aromatic heterocycles. The van der Waals surface area contributed by atoms with Gasteiger partial charge < -0.3 is 10.2 Å². The van der Waals surface area contributed by atoms with Crippen molar-refractivity contribution in [1.82, 2.24) is 10.2 Å². The van der Waals surface area contributed by atoms with Gasteiger partial charge in [-0.05, 0) is 48.8 Å². The van der Waals surface area contributed by atoms with Gasteiger partial charge in [-0.15, -0.1) is 0 Å². The van der Waals surface area contributed by atoms with Crippen LogP contribution in [0, 0.1) is 5.92 Å². The molecule has 2 atom stereocenters. The molecular formula is C21H34N2O. The maximum atomic E-state index is 11.6. The Bertz CT molecular complexity index is 509. The van der Waals surface area contributed by atoms with E-state index in [9.17, 15) is 4.79 Å². The van der Waals surface area contributed by atoms with Gasteiger partial charge in [-0.25, -0.2) is 0 Å². The maximum Gasteiger partial charge on any atom is 0.222 e. The lowest BCUT2D eigenvalue weighted by molar-refractivity contribution is -0.127. The van der Waals surface area contributed by atoms with Crippen molar-refractivity contribution in [1.29, 1.82) is 0 Å². The SMILES string of the molecule is CCC(C)c1ccc(C(NCCCN2CCCC2=O)C(C)C)cc1. The zero-order valence-corrected chi connectivity index (χ0v) is 15.8. The summed E-state index contributed by atoms with van der Waals surface area (Å²) in [7, 11) is 0. The van der Waals surface area contributed by atoms with Crippen molar-refractivity contribution in [2.45, 2.75) is 65.3 Å². The van der Waals surface area contributed by atoms with Crippen LogP contribution in [0.25, 0.3) is 0 Å². The summed E-state index contributed by atoms with van der Waals surface area (Å²) in [4.78, 5) is 13.7. The van der Waals surface area contributed by atoms with Gasteiger partial charge in [0, 0.05) is 25.6 Å². The molecule has 0 aliphatic carbocycles. The fourth-order valence-electron chi connectivity index (χ4n) is 3.47. The largest absolute Gasteiger partial charge is 0.343 e. The van der Waals surface area contributed by atoms with E-state index in [4.69, 9.17) is 0 Å². The first-order chi connectivity index (χ1) is 11.5. The van der Waals surface area contributed by atoms with Crippen molar-refractivity contribution >= 4 is 5.91 Å². The van der Waals surface area contributed by atoms with Crippen LogP contribution < -0.4 is 5.32 Å². The summed E-state index contributed by atoms with van der Waals surface area (Å²) in [5, 5.41) is 3.70. The Morgan fingerprint density at radius 1 is 1.12 bits per heavy atom. The van der Waals surface area contributed by atoms with Crippen LogP contribution in [0.1, 0.15) is 76.5 Å². The van der Waals surface area contributed by atoms with Crippen LogP contribution in [-0.2, 0) is 4.79 Å². The van der Waals surface area contributed by atoms with Crippen LogP contribution in [0.4, 0.5) is 0 Å². The normalized spacial score (nSPS) is 17.5. The number of hydrogen-bond donors (Lipinski definition) is 1. The van der Waals surface area contributed by atoms with Crippen molar-refractivity contribution in [2.75, 3.05) is 19.6 Å². The lowest BCUT2D eigenvalue weighted by Crippen LogP contribution is -2.31. The highest BCUT2D eigenvalue weighted by molar-refractivity contribution is 5.77. The van der Waals surface area contributed by atoms with E-state index in [1.165, 1.54) is 17.5 Å². The third kappa shape index (κ3) is 5.07. The summed E-state index contributed by atoms with van der Waals surface area (Å²) in [6.07, 6.45) is 3.98. The minimum atomic E-state index is 0.330.